The summed E-state index contributed by atoms with van der Waals surface area (Å²) in [7, 11) is -2.60. The van der Waals surface area contributed by atoms with Gasteiger partial charge in [-0.1, -0.05) is 27.7 Å². The minimum absolute atomic E-state index is 0.0417. The van der Waals surface area contributed by atoms with Crippen LogP contribution in [0.15, 0.2) is 23.8 Å². The van der Waals surface area contributed by atoms with Crippen molar-refractivity contribution in [3.8, 4) is 0 Å². The van der Waals surface area contributed by atoms with E-state index >= 15 is 0 Å². The number of nitrogen functional groups attached to an aromatic ring is 2. The van der Waals surface area contributed by atoms with E-state index in [1.165, 1.54) is 23.5 Å². The molecule has 52 heavy (non-hydrogen) atoms. The molecule has 4 aromatic heterocycles. The van der Waals surface area contributed by atoms with Crippen LogP contribution in [0.1, 0.15) is 40.2 Å². The van der Waals surface area contributed by atoms with Gasteiger partial charge in [-0.2, -0.15) is 0 Å². The van der Waals surface area contributed by atoms with Gasteiger partial charge in [0.2, 0.25) is 0 Å². The van der Waals surface area contributed by atoms with E-state index in [0.29, 0.717) is 11.2 Å². The Bertz CT molecular complexity index is 2170. The number of fused-ring (bicyclic) bond motifs is 5. The van der Waals surface area contributed by atoms with Crippen LogP contribution in [0.25, 0.3) is 22.3 Å². The largest absolute Gasteiger partial charge is 0.407 e. The number of aromatic amines is 1. The molecule has 2 bridgehead atoms. The second kappa shape index (κ2) is 13.4. The van der Waals surface area contributed by atoms with Crippen molar-refractivity contribution in [3.05, 3.63) is 29.5 Å². The number of imidazole rings is 2. The first-order chi connectivity index (χ1) is 24.3. The summed E-state index contributed by atoms with van der Waals surface area (Å²) < 4.78 is 46.9. The van der Waals surface area contributed by atoms with E-state index in [-0.39, 0.29) is 34.4 Å². The Morgan fingerprint density at radius 1 is 0.923 bits per heavy atom. The Morgan fingerprint density at radius 3 is 2.19 bits per heavy atom. The summed E-state index contributed by atoms with van der Waals surface area (Å²) in [5, 5.41) is -0.261. The molecule has 0 saturated carbocycles. The maximum atomic E-state index is 13.2. The van der Waals surface area contributed by atoms with E-state index in [0.717, 1.165) is 0 Å². The lowest BCUT2D eigenvalue weighted by Gasteiger charge is -2.41. The normalized spacial score (nSPS) is 34.9. The fourth-order valence-electron chi connectivity index (χ4n) is 6.19. The molecule has 25 heteroatoms. The molecular weight excluding hydrogens is 779 g/mol. The zero-order chi connectivity index (χ0) is 37.5. The maximum Gasteiger partial charge on any atom is 0.330 e. The fourth-order valence-corrected chi connectivity index (χ4v) is 10.4. The highest BCUT2D eigenvalue weighted by molar-refractivity contribution is 8.07. The van der Waals surface area contributed by atoms with Crippen molar-refractivity contribution in [1.82, 2.24) is 39.0 Å². The SMILES string of the molecule is CC1[C@H]2OP(O)(=S)OC[C@H]3O[C@@H](n4cnc5c(N)ncnc54)C(O[Si](C)(C)C(C)(C)C)[C@H]3OP(O)(=S)OC[C@H]1O[C@H]2n1c(=O)[nH]c2c(N)ncnc21. The molecule has 0 aliphatic carbocycles. The predicted octanol–water partition coefficient (Wildman–Crippen LogP) is 2.20. The topological polar surface area (TPSA) is 264 Å². The lowest BCUT2D eigenvalue weighted by molar-refractivity contribution is -0.0610. The summed E-state index contributed by atoms with van der Waals surface area (Å²) >= 11 is 11.1. The first-order valence-corrected chi connectivity index (χ1v) is 24.3. The number of hydrogen-bond donors (Lipinski definition) is 5. The molecule has 10 atom stereocenters. The second-order valence-corrected chi connectivity index (χ2v) is 24.7. The van der Waals surface area contributed by atoms with Crippen molar-refractivity contribution >= 4 is 79.3 Å². The van der Waals surface area contributed by atoms with Crippen LogP contribution in [0.2, 0.25) is 18.1 Å². The average molecular weight is 819 g/mol. The number of nitrogens with zero attached hydrogens (tertiary/aromatic N) is 7. The van der Waals surface area contributed by atoms with Gasteiger partial charge in [-0.05, 0) is 41.7 Å². The molecular formula is C27H40N10O10P2S2Si. The van der Waals surface area contributed by atoms with Crippen LogP contribution in [-0.4, -0.2) is 101 Å². The van der Waals surface area contributed by atoms with Crippen LogP contribution >= 0.6 is 13.4 Å². The monoisotopic (exact) mass is 818 g/mol. The highest BCUT2D eigenvalue weighted by Gasteiger charge is 2.55. The summed E-state index contributed by atoms with van der Waals surface area (Å²) in [5.74, 6) is -0.382. The molecule has 7 N–H and O–H groups in total. The fraction of sp³-hybridized carbons (Fsp3) is 0.630. The Kier molecular flexibility index (Phi) is 9.81. The molecule has 3 aliphatic rings. The van der Waals surface area contributed by atoms with Crippen molar-refractivity contribution in [3.63, 3.8) is 0 Å². The first kappa shape index (κ1) is 38.0. The van der Waals surface area contributed by atoms with Crippen LogP contribution in [-0.2, 0) is 55.6 Å². The predicted molar refractivity (Wildman–Crippen MR) is 196 cm³/mol. The van der Waals surface area contributed by atoms with Gasteiger partial charge < -0.3 is 53.7 Å². The third-order valence-corrected chi connectivity index (χ3v) is 17.6. The molecule has 0 aromatic carbocycles. The van der Waals surface area contributed by atoms with Crippen LogP contribution in [0.5, 0.6) is 0 Å². The third kappa shape index (κ3) is 6.90. The summed E-state index contributed by atoms with van der Waals surface area (Å²) in [4.78, 5) is 60.0. The van der Waals surface area contributed by atoms with Gasteiger partial charge in [0.05, 0.1) is 25.6 Å². The number of ether oxygens (including phenoxy) is 2. The molecule has 0 radical (unpaired) electrons. The summed E-state index contributed by atoms with van der Waals surface area (Å²) in [5.41, 5.74) is 12.5. The Balaban J connectivity index is 1.27. The minimum Gasteiger partial charge on any atom is -0.407 e. The van der Waals surface area contributed by atoms with Gasteiger partial charge in [-0.25, -0.2) is 34.3 Å². The second-order valence-electron chi connectivity index (χ2n) is 14.3. The van der Waals surface area contributed by atoms with Crippen molar-refractivity contribution < 1.29 is 41.8 Å². The highest BCUT2D eigenvalue weighted by atomic mass is 32.5. The van der Waals surface area contributed by atoms with Crippen molar-refractivity contribution in [1.29, 1.82) is 0 Å². The van der Waals surface area contributed by atoms with Gasteiger partial charge in [0.25, 0.3) is 0 Å². The standard InChI is InChI=1S/C27H40N10O10P2S2Si/c1-12-13-7-41-49(40,51)46-18-14(8-42-48(39,50)45-17(12)25(43-13)37-23-16(35-26(37)38)21(29)31-10-33-23)44-24(19(18)47-52(5,6)27(2,3)4)36-11-34-15-20(28)30-9-32-22(15)36/h9-14,17-19,24-25H,7-8H2,1-6H3,(H,35,38)(H,39,50)(H,40,51)(H2,28,30,32)(H2,29,31,33)/t12?,13-,14-,17-,18+,19?,24-,25-,48?,49?/m1/s1. The van der Waals surface area contributed by atoms with Gasteiger partial charge in [0, 0.05) is 5.92 Å². The van der Waals surface area contributed by atoms with Gasteiger partial charge >= 0.3 is 19.1 Å². The zero-order valence-electron chi connectivity index (χ0n) is 28.9. The molecule has 3 fully saturated rings. The quantitative estimate of drug-likeness (QED) is 0.146. The van der Waals surface area contributed by atoms with Gasteiger partial charge in [0.15, 0.2) is 43.7 Å². The van der Waals surface area contributed by atoms with Crippen LogP contribution < -0.4 is 17.2 Å². The van der Waals surface area contributed by atoms with Gasteiger partial charge in [0.1, 0.15) is 48.1 Å². The molecule has 3 aliphatic heterocycles. The Hall–Kier alpha value is -2.34. The van der Waals surface area contributed by atoms with Crippen LogP contribution in [0.4, 0.5) is 11.6 Å². The molecule has 20 nitrogen and oxygen atoms in total. The average Bonchev–Trinajstić information content (AvgIpc) is 3.78. The van der Waals surface area contributed by atoms with Gasteiger partial charge in [-0.15, -0.1) is 0 Å². The van der Waals surface area contributed by atoms with E-state index in [4.69, 9.17) is 67.1 Å². The molecule has 284 valence electrons. The number of anilines is 2. The van der Waals surface area contributed by atoms with E-state index in [2.05, 4.69) is 63.8 Å². The van der Waals surface area contributed by atoms with E-state index in [9.17, 15) is 14.6 Å². The van der Waals surface area contributed by atoms with E-state index in [1.54, 1.807) is 11.5 Å². The molecule has 3 saturated heterocycles. The maximum absolute atomic E-state index is 13.2. The Morgan fingerprint density at radius 2 is 1.52 bits per heavy atom. The summed E-state index contributed by atoms with van der Waals surface area (Å²) in [6.07, 6.45) is -3.15. The van der Waals surface area contributed by atoms with Crippen LogP contribution in [0, 0.1) is 5.92 Å². The highest BCUT2D eigenvalue weighted by Crippen LogP contribution is 2.56. The van der Waals surface area contributed by atoms with Crippen molar-refractivity contribution in [2.45, 2.75) is 88.8 Å². The molecule has 4 aromatic rings. The van der Waals surface area contributed by atoms with Crippen molar-refractivity contribution in [2.75, 3.05) is 24.7 Å². The third-order valence-electron chi connectivity index (χ3n) is 9.99. The van der Waals surface area contributed by atoms with Crippen LogP contribution in [0.3, 0.4) is 0 Å². The Labute approximate surface area is 308 Å². The number of rotatable bonds is 4. The van der Waals surface area contributed by atoms with Gasteiger partial charge in [-0.3, -0.25) is 9.09 Å². The minimum atomic E-state index is -4.13. The lowest BCUT2D eigenvalue weighted by atomic mass is 10.0. The molecule has 0 amide bonds. The van der Waals surface area contributed by atoms with E-state index in [1.807, 2.05) is 0 Å². The zero-order valence-corrected chi connectivity index (χ0v) is 33.3. The number of hydrogen-bond acceptors (Lipinski definition) is 17. The summed E-state index contributed by atoms with van der Waals surface area (Å²) in [6.45, 7) is 3.17. The molecule has 4 unspecified atom stereocenters. The molecule has 0 spiro atoms. The number of H-pyrrole nitrogens is 1. The smallest absolute Gasteiger partial charge is 0.330 e. The van der Waals surface area contributed by atoms with E-state index < -0.39 is 82.9 Å². The van der Waals surface area contributed by atoms with Crippen molar-refractivity contribution in [2.24, 2.45) is 5.92 Å². The molecule has 7 heterocycles. The molecule has 7 rings (SSSR count). The number of aromatic nitrogens is 8. The first-order valence-electron chi connectivity index (χ1n) is 16.2. The summed E-state index contributed by atoms with van der Waals surface area (Å²) in [6, 6.07) is 0. The number of nitrogens with one attached hydrogen (secondary N) is 1. The number of nitrogens with two attached hydrogens (primary N) is 2. The lowest BCUT2D eigenvalue weighted by Crippen LogP contribution is -2.49.